The topological polar surface area (TPSA) is 57.6 Å². The fraction of sp³-hybridized carbons (Fsp3) is 0.529. The molecule has 0 radical (unpaired) electrons. The molecule has 4 nitrogen and oxygen atoms in total. The second-order valence-electron chi connectivity index (χ2n) is 6.68. The summed E-state index contributed by atoms with van der Waals surface area (Å²) in [5, 5.41) is 10.1. The van der Waals surface area contributed by atoms with Gasteiger partial charge in [-0.2, -0.15) is 0 Å². The highest BCUT2D eigenvalue weighted by atomic mass is 35.5. The molecule has 1 saturated heterocycles. The summed E-state index contributed by atoms with van der Waals surface area (Å²) in [7, 11) is 0. The lowest BCUT2D eigenvalue weighted by Crippen LogP contribution is -2.41. The zero-order valence-electron chi connectivity index (χ0n) is 12.9. The third-order valence-corrected chi connectivity index (χ3v) is 6.11. The van der Waals surface area contributed by atoms with Crippen molar-refractivity contribution in [1.82, 2.24) is 4.90 Å². The van der Waals surface area contributed by atoms with E-state index in [4.69, 9.17) is 28.3 Å². The van der Waals surface area contributed by atoms with Crippen molar-refractivity contribution >= 4 is 35.1 Å². The van der Waals surface area contributed by atoms with Gasteiger partial charge in [0.15, 0.2) is 0 Å². The number of rotatable bonds is 3. The number of carboxylic acids is 1. The molecule has 2 aliphatic rings. The number of carbonyl (C=O) groups excluding carboxylic acids is 1. The van der Waals surface area contributed by atoms with Crippen LogP contribution in [0.1, 0.15) is 37.7 Å². The highest BCUT2D eigenvalue weighted by Gasteiger charge is 2.59. The van der Waals surface area contributed by atoms with E-state index in [1.165, 1.54) is 0 Å². The number of carbonyl (C=O) groups is 2. The summed E-state index contributed by atoms with van der Waals surface area (Å²) >= 11 is 11.9. The van der Waals surface area contributed by atoms with Crippen LogP contribution in [0.15, 0.2) is 18.2 Å². The van der Waals surface area contributed by atoms with Crippen molar-refractivity contribution in [2.75, 3.05) is 13.1 Å². The van der Waals surface area contributed by atoms with Gasteiger partial charge in [-0.25, -0.2) is 0 Å². The van der Waals surface area contributed by atoms with Crippen molar-refractivity contribution in [1.29, 1.82) is 0 Å². The number of carboxylic acid groups (broad SMARTS) is 1. The van der Waals surface area contributed by atoms with E-state index in [9.17, 15) is 9.59 Å². The highest BCUT2D eigenvalue weighted by Crippen LogP contribution is 2.59. The molecule has 1 spiro atoms. The zero-order valence-corrected chi connectivity index (χ0v) is 14.4. The smallest absolute Gasteiger partial charge is 0.307 e. The van der Waals surface area contributed by atoms with Crippen LogP contribution in [0.3, 0.4) is 0 Å². The first kappa shape index (κ1) is 16.6. The van der Waals surface area contributed by atoms with Gasteiger partial charge >= 0.3 is 5.97 Å². The molecule has 1 aromatic rings. The molecule has 0 aromatic heterocycles. The average Bonchev–Trinajstić information content (AvgIpc) is 3.23. The molecule has 3 rings (SSSR count). The molecule has 2 fully saturated rings. The maximum absolute atomic E-state index is 12.7. The number of benzene rings is 1. The molecule has 1 aromatic carbocycles. The Morgan fingerprint density at radius 1 is 1.26 bits per heavy atom. The van der Waals surface area contributed by atoms with Crippen molar-refractivity contribution in [3.8, 4) is 0 Å². The van der Waals surface area contributed by atoms with Gasteiger partial charge in [0, 0.05) is 13.1 Å². The quantitative estimate of drug-likeness (QED) is 0.896. The number of aliphatic carboxylic acids is 1. The predicted octanol–water partition coefficient (Wildman–Crippen LogP) is 3.81. The SMILES string of the molecule is CC(C(=O)N1CCC2(CC1)CC2C(=O)O)c1ccc(Cl)c(Cl)c1. The van der Waals surface area contributed by atoms with Crippen LogP contribution < -0.4 is 0 Å². The van der Waals surface area contributed by atoms with E-state index in [-0.39, 0.29) is 23.2 Å². The zero-order chi connectivity index (χ0) is 16.8. The summed E-state index contributed by atoms with van der Waals surface area (Å²) in [6.07, 6.45) is 2.32. The largest absolute Gasteiger partial charge is 0.481 e. The van der Waals surface area contributed by atoms with Crippen LogP contribution in [-0.4, -0.2) is 35.0 Å². The van der Waals surface area contributed by atoms with Gasteiger partial charge in [-0.15, -0.1) is 0 Å². The summed E-state index contributed by atoms with van der Waals surface area (Å²) in [6.45, 7) is 3.13. The van der Waals surface area contributed by atoms with Gasteiger partial charge < -0.3 is 10.0 Å². The van der Waals surface area contributed by atoms with E-state index in [1.54, 1.807) is 12.1 Å². The Kier molecular flexibility index (Phi) is 4.32. The fourth-order valence-electron chi connectivity index (χ4n) is 3.62. The molecule has 0 bridgehead atoms. The maximum atomic E-state index is 12.7. The second-order valence-corrected chi connectivity index (χ2v) is 7.49. The summed E-state index contributed by atoms with van der Waals surface area (Å²) in [6, 6.07) is 5.26. The number of nitrogens with zero attached hydrogens (tertiary/aromatic N) is 1. The predicted molar refractivity (Wildman–Crippen MR) is 88.9 cm³/mol. The van der Waals surface area contributed by atoms with E-state index in [1.807, 2.05) is 17.9 Å². The summed E-state index contributed by atoms with van der Waals surface area (Å²) in [5.74, 6) is -1.14. The third kappa shape index (κ3) is 3.07. The van der Waals surface area contributed by atoms with Crippen molar-refractivity contribution in [3.05, 3.63) is 33.8 Å². The molecular weight excluding hydrogens is 337 g/mol. The van der Waals surface area contributed by atoms with E-state index >= 15 is 0 Å². The van der Waals surface area contributed by atoms with Crippen LogP contribution >= 0.6 is 23.2 Å². The second kappa shape index (κ2) is 5.99. The number of likely N-dealkylation sites (tertiary alicyclic amines) is 1. The van der Waals surface area contributed by atoms with Gasteiger partial charge in [0.05, 0.1) is 21.9 Å². The van der Waals surface area contributed by atoms with E-state index in [2.05, 4.69) is 0 Å². The minimum absolute atomic E-state index is 0.0601. The first-order chi connectivity index (χ1) is 10.8. The van der Waals surface area contributed by atoms with Crippen molar-refractivity contribution < 1.29 is 14.7 Å². The average molecular weight is 356 g/mol. The van der Waals surface area contributed by atoms with Gasteiger partial charge in [0.1, 0.15) is 0 Å². The van der Waals surface area contributed by atoms with Crippen LogP contribution in [0.4, 0.5) is 0 Å². The Labute approximate surface area is 145 Å². The van der Waals surface area contributed by atoms with E-state index in [0.717, 1.165) is 24.8 Å². The molecule has 2 atom stereocenters. The van der Waals surface area contributed by atoms with Gasteiger partial charge in [0.25, 0.3) is 0 Å². The Balaban J connectivity index is 1.63. The number of hydrogen-bond donors (Lipinski definition) is 1. The molecule has 6 heteroatoms. The lowest BCUT2D eigenvalue weighted by molar-refractivity contribution is -0.140. The van der Waals surface area contributed by atoms with Crippen molar-refractivity contribution in [2.45, 2.75) is 32.1 Å². The standard InChI is InChI=1S/C17H19Cl2NO3/c1-10(11-2-3-13(18)14(19)8-11)15(21)20-6-4-17(5-7-20)9-12(17)16(22)23/h2-3,8,10,12H,4-7,9H2,1H3,(H,22,23). The van der Waals surface area contributed by atoms with Gasteiger partial charge in [-0.1, -0.05) is 29.3 Å². The van der Waals surface area contributed by atoms with Crippen LogP contribution in [-0.2, 0) is 9.59 Å². The fourth-order valence-corrected chi connectivity index (χ4v) is 3.93. The Morgan fingerprint density at radius 2 is 1.91 bits per heavy atom. The first-order valence-corrected chi connectivity index (χ1v) is 8.56. The Hall–Kier alpha value is -1.26. The Bertz CT molecular complexity index is 653. The Morgan fingerprint density at radius 3 is 2.43 bits per heavy atom. The molecular formula is C17H19Cl2NO3. The third-order valence-electron chi connectivity index (χ3n) is 5.37. The van der Waals surface area contributed by atoms with Crippen molar-refractivity contribution in [2.24, 2.45) is 11.3 Å². The maximum Gasteiger partial charge on any atom is 0.307 e. The molecule has 1 amide bonds. The minimum Gasteiger partial charge on any atom is -0.481 e. The molecule has 1 heterocycles. The number of halogens is 2. The number of hydrogen-bond acceptors (Lipinski definition) is 2. The molecule has 1 aliphatic carbocycles. The molecule has 1 aliphatic heterocycles. The van der Waals surface area contributed by atoms with Gasteiger partial charge in [-0.3, -0.25) is 9.59 Å². The lowest BCUT2D eigenvalue weighted by Gasteiger charge is -2.34. The van der Waals surface area contributed by atoms with Gasteiger partial charge in [-0.05, 0) is 49.3 Å². The molecule has 2 unspecified atom stereocenters. The molecule has 1 N–H and O–H groups in total. The van der Waals surface area contributed by atoms with Crippen LogP contribution in [0, 0.1) is 11.3 Å². The molecule has 1 saturated carbocycles. The monoisotopic (exact) mass is 355 g/mol. The number of piperidine rings is 1. The molecule has 23 heavy (non-hydrogen) atoms. The van der Waals surface area contributed by atoms with Gasteiger partial charge in [0.2, 0.25) is 5.91 Å². The summed E-state index contributed by atoms with van der Waals surface area (Å²) in [5.41, 5.74) is 0.787. The minimum atomic E-state index is -0.700. The van der Waals surface area contributed by atoms with E-state index in [0.29, 0.717) is 23.1 Å². The van der Waals surface area contributed by atoms with Crippen LogP contribution in [0.2, 0.25) is 10.0 Å². The summed E-state index contributed by atoms with van der Waals surface area (Å²) in [4.78, 5) is 25.6. The van der Waals surface area contributed by atoms with Crippen molar-refractivity contribution in [3.63, 3.8) is 0 Å². The molecule has 124 valence electrons. The van der Waals surface area contributed by atoms with Crippen LogP contribution in [0.25, 0.3) is 0 Å². The lowest BCUT2D eigenvalue weighted by atomic mass is 9.89. The normalized spacial score (nSPS) is 23.6. The van der Waals surface area contributed by atoms with Crippen LogP contribution in [0.5, 0.6) is 0 Å². The first-order valence-electron chi connectivity index (χ1n) is 7.80. The number of amides is 1. The van der Waals surface area contributed by atoms with E-state index < -0.39 is 5.97 Å². The summed E-state index contributed by atoms with van der Waals surface area (Å²) < 4.78 is 0. The highest BCUT2D eigenvalue weighted by molar-refractivity contribution is 6.42.